The van der Waals surface area contributed by atoms with Crippen LogP contribution in [-0.2, 0) is 4.79 Å². The number of likely N-dealkylation sites (tertiary alicyclic amines) is 1. The first-order valence-electron chi connectivity index (χ1n) is 9.09. The molecule has 0 radical (unpaired) electrons. The first kappa shape index (κ1) is 19.9. The van der Waals surface area contributed by atoms with Crippen LogP contribution in [0.4, 0.5) is 5.69 Å². The second-order valence-corrected chi connectivity index (χ2v) is 7.61. The van der Waals surface area contributed by atoms with Gasteiger partial charge in [0.1, 0.15) is 0 Å². The van der Waals surface area contributed by atoms with E-state index in [1.807, 2.05) is 30.3 Å². The lowest BCUT2D eigenvalue weighted by Crippen LogP contribution is -2.38. The van der Waals surface area contributed by atoms with Gasteiger partial charge in [-0.25, -0.2) is 0 Å². The van der Waals surface area contributed by atoms with Crippen molar-refractivity contribution in [2.75, 3.05) is 25.0 Å². The molecule has 2 aromatic rings. The molecule has 1 aliphatic rings. The van der Waals surface area contributed by atoms with Crippen LogP contribution in [-0.4, -0.2) is 36.2 Å². The van der Waals surface area contributed by atoms with Gasteiger partial charge in [-0.05, 0) is 44.1 Å². The number of carbonyl (C=O) groups is 2. The van der Waals surface area contributed by atoms with Gasteiger partial charge in [0.05, 0.1) is 10.7 Å². The first-order valence-corrected chi connectivity index (χ1v) is 9.85. The minimum atomic E-state index is -0.0957. The Bertz CT molecular complexity index is 803. The summed E-state index contributed by atoms with van der Waals surface area (Å²) in [6.45, 7) is 2.32. The molecule has 6 heteroatoms. The number of halogens is 2. The van der Waals surface area contributed by atoms with Gasteiger partial charge in [-0.15, -0.1) is 0 Å². The lowest BCUT2D eigenvalue weighted by Gasteiger charge is -2.31. The Hall–Kier alpha value is -1.88. The third kappa shape index (κ3) is 5.55. The van der Waals surface area contributed by atoms with Crippen LogP contribution in [0.15, 0.2) is 48.5 Å². The van der Waals surface area contributed by atoms with Crippen LogP contribution in [0.1, 0.15) is 29.6 Å². The predicted octanol–water partition coefficient (Wildman–Crippen LogP) is 4.92. The van der Waals surface area contributed by atoms with Crippen molar-refractivity contribution in [3.05, 3.63) is 64.1 Å². The minimum absolute atomic E-state index is 0.0720. The smallest absolute Gasteiger partial charge is 0.225 e. The monoisotopic (exact) mass is 404 g/mol. The number of hydrogen-bond donors (Lipinski definition) is 1. The topological polar surface area (TPSA) is 49.4 Å². The summed E-state index contributed by atoms with van der Waals surface area (Å²) in [6.07, 6.45) is 2.03. The van der Waals surface area contributed by atoms with Crippen LogP contribution in [0.25, 0.3) is 0 Å². The maximum absolute atomic E-state index is 12.5. The van der Waals surface area contributed by atoms with Gasteiger partial charge < -0.3 is 10.2 Å². The molecule has 0 aliphatic carbocycles. The van der Waals surface area contributed by atoms with Crippen molar-refractivity contribution in [1.29, 1.82) is 0 Å². The number of carbonyl (C=O) groups excluding carboxylic acids is 2. The Morgan fingerprint density at radius 3 is 2.44 bits per heavy atom. The lowest BCUT2D eigenvalue weighted by atomic mass is 9.89. The summed E-state index contributed by atoms with van der Waals surface area (Å²) >= 11 is 12.0. The Labute approximate surface area is 169 Å². The van der Waals surface area contributed by atoms with Gasteiger partial charge in [0, 0.05) is 29.5 Å². The summed E-state index contributed by atoms with van der Waals surface area (Å²) in [5.41, 5.74) is 1.31. The van der Waals surface area contributed by atoms with E-state index in [2.05, 4.69) is 10.2 Å². The van der Waals surface area contributed by atoms with E-state index in [1.54, 1.807) is 18.2 Å². The number of rotatable bonds is 6. The average molecular weight is 405 g/mol. The molecule has 0 bridgehead atoms. The van der Waals surface area contributed by atoms with Gasteiger partial charge >= 0.3 is 0 Å². The largest absolute Gasteiger partial charge is 0.325 e. The summed E-state index contributed by atoms with van der Waals surface area (Å²) in [5.74, 6) is 0.202. The Balaban J connectivity index is 1.43. The Morgan fingerprint density at radius 1 is 1.04 bits per heavy atom. The maximum Gasteiger partial charge on any atom is 0.225 e. The third-order valence-corrected chi connectivity index (χ3v) is 5.44. The molecular formula is C21H22Cl2N2O2. The number of nitrogens with zero attached hydrogens (tertiary/aromatic N) is 1. The Morgan fingerprint density at radius 2 is 1.74 bits per heavy atom. The zero-order chi connectivity index (χ0) is 19.2. The number of nitrogens with one attached hydrogen (secondary N) is 1. The van der Waals surface area contributed by atoms with Crippen molar-refractivity contribution in [1.82, 2.24) is 4.90 Å². The van der Waals surface area contributed by atoms with Crippen LogP contribution in [0.3, 0.4) is 0 Å². The van der Waals surface area contributed by atoms with Gasteiger partial charge in [0.2, 0.25) is 5.91 Å². The molecule has 0 atom stereocenters. The predicted molar refractivity (Wildman–Crippen MR) is 110 cm³/mol. The van der Waals surface area contributed by atoms with Gasteiger partial charge in [0.15, 0.2) is 5.78 Å². The summed E-state index contributed by atoms with van der Waals surface area (Å²) in [4.78, 5) is 26.9. The zero-order valence-electron chi connectivity index (χ0n) is 15.0. The molecule has 1 amide bonds. The lowest BCUT2D eigenvalue weighted by molar-refractivity contribution is -0.116. The molecule has 1 aliphatic heterocycles. The molecule has 1 saturated heterocycles. The number of amides is 1. The van der Waals surface area contributed by atoms with Gasteiger partial charge in [-0.3, -0.25) is 9.59 Å². The molecule has 0 unspecified atom stereocenters. The highest BCUT2D eigenvalue weighted by atomic mass is 35.5. The molecular weight excluding hydrogens is 383 g/mol. The van der Waals surface area contributed by atoms with E-state index in [4.69, 9.17) is 23.2 Å². The van der Waals surface area contributed by atoms with E-state index in [-0.39, 0.29) is 17.6 Å². The number of piperidine rings is 1. The summed E-state index contributed by atoms with van der Waals surface area (Å²) in [5, 5.41) is 3.80. The number of anilines is 1. The molecule has 1 fully saturated rings. The van der Waals surface area contributed by atoms with E-state index >= 15 is 0 Å². The van der Waals surface area contributed by atoms with Crippen LogP contribution in [0.5, 0.6) is 0 Å². The molecule has 2 aromatic carbocycles. The van der Waals surface area contributed by atoms with E-state index in [9.17, 15) is 9.59 Å². The Kier molecular flexibility index (Phi) is 6.89. The second-order valence-electron chi connectivity index (χ2n) is 6.77. The van der Waals surface area contributed by atoms with E-state index in [1.165, 1.54) is 0 Å². The van der Waals surface area contributed by atoms with Crippen molar-refractivity contribution < 1.29 is 9.59 Å². The van der Waals surface area contributed by atoms with Crippen LogP contribution >= 0.6 is 23.2 Å². The molecule has 0 spiro atoms. The van der Waals surface area contributed by atoms with Crippen LogP contribution < -0.4 is 5.32 Å². The second kappa shape index (κ2) is 9.36. The fraction of sp³-hybridized carbons (Fsp3) is 0.333. The molecule has 3 rings (SSSR count). The van der Waals surface area contributed by atoms with Crippen LogP contribution in [0.2, 0.25) is 10.0 Å². The van der Waals surface area contributed by atoms with Gasteiger partial charge in [-0.2, -0.15) is 0 Å². The number of Topliss-reactive ketones (excluding diaryl/α,β-unsaturated/α-hetero) is 1. The van der Waals surface area contributed by atoms with Gasteiger partial charge in [-0.1, -0.05) is 53.5 Å². The quantitative estimate of drug-likeness (QED) is 0.695. The molecule has 27 heavy (non-hydrogen) atoms. The molecule has 0 aromatic heterocycles. The minimum Gasteiger partial charge on any atom is -0.325 e. The SMILES string of the molecule is O=C(CCN1CCC(C(=O)c2ccccc2)CC1)Nc1cc(Cl)ccc1Cl. The zero-order valence-corrected chi connectivity index (χ0v) is 16.5. The highest BCUT2D eigenvalue weighted by molar-refractivity contribution is 6.35. The number of benzene rings is 2. The maximum atomic E-state index is 12.5. The van der Waals surface area contributed by atoms with Crippen molar-refractivity contribution in [2.45, 2.75) is 19.3 Å². The van der Waals surface area contributed by atoms with E-state index in [0.29, 0.717) is 28.7 Å². The molecule has 0 saturated carbocycles. The normalized spacial score (nSPS) is 15.5. The highest BCUT2D eigenvalue weighted by Crippen LogP contribution is 2.26. The van der Waals surface area contributed by atoms with E-state index in [0.717, 1.165) is 31.5 Å². The van der Waals surface area contributed by atoms with Crippen molar-refractivity contribution >= 4 is 40.6 Å². The number of ketones is 1. The highest BCUT2D eigenvalue weighted by Gasteiger charge is 2.25. The fourth-order valence-electron chi connectivity index (χ4n) is 3.32. The summed E-state index contributed by atoms with van der Waals surface area (Å²) < 4.78 is 0. The standard InChI is InChI=1S/C21H22Cl2N2O2/c22-17-6-7-18(23)19(14-17)24-20(26)10-13-25-11-8-16(9-12-25)21(27)15-4-2-1-3-5-15/h1-7,14,16H,8-13H2,(H,24,26). The van der Waals surface area contributed by atoms with Gasteiger partial charge in [0.25, 0.3) is 0 Å². The average Bonchev–Trinajstić information content (AvgIpc) is 2.70. The molecule has 1 heterocycles. The summed E-state index contributed by atoms with van der Waals surface area (Å²) in [6, 6.07) is 14.4. The molecule has 4 nitrogen and oxygen atoms in total. The van der Waals surface area contributed by atoms with Crippen molar-refractivity contribution in [2.24, 2.45) is 5.92 Å². The first-order chi connectivity index (χ1) is 13.0. The van der Waals surface area contributed by atoms with Crippen molar-refractivity contribution in [3.63, 3.8) is 0 Å². The van der Waals surface area contributed by atoms with E-state index < -0.39 is 0 Å². The number of hydrogen-bond acceptors (Lipinski definition) is 3. The third-order valence-electron chi connectivity index (χ3n) is 4.87. The molecule has 142 valence electrons. The van der Waals surface area contributed by atoms with Crippen LogP contribution in [0, 0.1) is 5.92 Å². The summed E-state index contributed by atoms with van der Waals surface area (Å²) in [7, 11) is 0. The fourth-order valence-corrected chi connectivity index (χ4v) is 3.66. The molecule has 1 N–H and O–H groups in total. The van der Waals surface area contributed by atoms with Crippen molar-refractivity contribution in [3.8, 4) is 0 Å².